The lowest BCUT2D eigenvalue weighted by Crippen LogP contribution is -2.15. The van der Waals surface area contributed by atoms with Gasteiger partial charge < -0.3 is 0 Å². The van der Waals surface area contributed by atoms with Gasteiger partial charge in [-0.1, -0.05) is 123 Å². The fraction of sp³-hybridized carbons (Fsp3) is 0.0698. The Morgan fingerprint density at radius 3 is 1.58 bits per heavy atom. The fourth-order valence-corrected chi connectivity index (χ4v) is 7.52. The minimum atomic E-state index is -0.0841. The van der Waals surface area contributed by atoms with Crippen molar-refractivity contribution in [2.45, 2.75) is 19.3 Å². The summed E-state index contributed by atoms with van der Waals surface area (Å²) in [6, 6.07) is 54.2. The highest BCUT2D eigenvalue weighted by atomic mass is 14.4. The van der Waals surface area contributed by atoms with E-state index in [0.29, 0.717) is 0 Å². The standard InChI is InChI=1S/C43H30/c1-43(2)41-25-31(38-16-8-12-28-10-4-6-14-36(28)38)19-20-39(41)40-24-33-21-29-17-18-30(22-32(29)23-34(33)26-42(40)43)37-15-7-11-27-9-3-5-13-35(27)37/h3-26H,1-2H3. The van der Waals surface area contributed by atoms with Gasteiger partial charge in [-0.15, -0.1) is 0 Å². The lowest BCUT2D eigenvalue weighted by molar-refractivity contribution is 0.661. The molecule has 0 unspecified atom stereocenters. The molecule has 0 N–H and O–H groups in total. The number of hydrogen-bond acceptors (Lipinski definition) is 0. The molecule has 0 spiro atoms. The SMILES string of the molecule is CC1(C)c2cc(-c3cccc4ccccc34)ccc2-c2cc3cc4ccc(-c5cccc6ccccc56)cc4cc3cc21. The molecule has 0 amide bonds. The molecule has 1 aliphatic rings. The molecule has 0 heteroatoms. The molecular weight excluding hydrogens is 516 g/mol. The van der Waals surface area contributed by atoms with Crippen molar-refractivity contribution in [2.75, 3.05) is 0 Å². The van der Waals surface area contributed by atoms with E-state index in [-0.39, 0.29) is 5.41 Å². The van der Waals surface area contributed by atoms with E-state index in [1.165, 1.54) is 87.6 Å². The first kappa shape index (κ1) is 24.4. The van der Waals surface area contributed by atoms with Crippen molar-refractivity contribution in [1.29, 1.82) is 0 Å². The molecule has 1 aliphatic carbocycles. The largest absolute Gasteiger partial charge is 0.0616 e. The van der Waals surface area contributed by atoms with Crippen LogP contribution in [0.3, 0.4) is 0 Å². The molecule has 0 aliphatic heterocycles. The normalized spacial score (nSPS) is 13.5. The number of fused-ring (bicyclic) bond motifs is 7. The second-order valence-electron chi connectivity index (χ2n) is 12.6. The highest BCUT2D eigenvalue weighted by Crippen LogP contribution is 2.51. The molecule has 0 saturated carbocycles. The molecule has 8 aromatic carbocycles. The third-order valence-corrected chi connectivity index (χ3v) is 9.79. The van der Waals surface area contributed by atoms with Gasteiger partial charge in [-0.2, -0.15) is 0 Å². The molecule has 43 heavy (non-hydrogen) atoms. The predicted octanol–water partition coefficient (Wildman–Crippen LogP) is 11.9. The van der Waals surface area contributed by atoms with Crippen LogP contribution in [-0.4, -0.2) is 0 Å². The van der Waals surface area contributed by atoms with E-state index in [2.05, 4.69) is 159 Å². The zero-order valence-corrected chi connectivity index (χ0v) is 24.4. The van der Waals surface area contributed by atoms with Crippen molar-refractivity contribution in [3.8, 4) is 33.4 Å². The van der Waals surface area contributed by atoms with Gasteiger partial charge in [0.2, 0.25) is 0 Å². The Morgan fingerprint density at radius 2 is 0.860 bits per heavy atom. The van der Waals surface area contributed by atoms with Gasteiger partial charge in [-0.05, 0) is 124 Å². The van der Waals surface area contributed by atoms with Gasteiger partial charge in [-0.3, -0.25) is 0 Å². The van der Waals surface area contributed by atoms with Gasteiger partial charge in [0.1, 0.15) is 0 Å². The summed E-state index contributed by atoms with van der Waals surface area (Å²) in [6.45, 7) is 4.77. The highest BCUT2D eigenvalue weighted by Gasteiger charge is 2.36. The molecule has 0 atom stereocenters. The van der Waals surface area contributed by atoms with Crippen LogP contribution in [0.15, 0.2) is 146 Å². The van der Waals surface area contributed by atoms with E-state index in [1.807, 2.05) is 0 Å². The first-order chi connectivity index (χ1) is 21.0. The molecule has 0 heterocycles. The van der Waals surface area contributed by atoms with E-state index in [1.54, 1.807) is 0 Å². The van der Waals surface area contributed by atoms with E-state index in [0.717, 1.165) is 0 Å². The van der Waals surface area contributed by atoms with Crippen LogP contribution in [0.5, 0.6) is 0 Å². The third kappa shape index (κ3) is 3.63. The lowest BCUT2D eigenvalue weighted by Gasteiger charge is -2.22. The molecule has 0 saturated heterocycles. The molecule has 0 bridgehead atoms. The van der Waals surface area contributed by atoms with E-state index in [9.17, 15) is 0 Å². The number of benzene rings is 8. The van der Waals surface area contributed by atoms with Crippen LogP contribution < -0.4 is 0 Å². The van der Waals surface area contributed by atoms with Crippen LogP contribution >= 0.6 is 0 Å². The fourth-order valence-electron chi connectivity index (χ4n) is 7.52. The van der Waals surface area contributed by atoms with E-state index < -0.39 is 0 Å². The molecule has 0 nitrogen and oxygen atoms in total. The molecule has 202 valence electrons. The van der Waals surface area contributed by atoms with Crippen LogP contribution in [0.4, 0.5) is 0 Å². The van der Waals surface area contributed by atoms with Gasteiger partial charge in [0.05, 0.1) is 0 Å². The summed E-state index contributed by atoms with van der Waals surface area (Å²) in [5, 5.41) is 10.3. The van der Waals surface area contributed by atoms with Gasteiger partial charge in [0.25, 0.3) is 0 Å². The van der Waals surface area contributed by atoms with Gasteiger partial charge in [0.15, 0.2) is 0 Å². The van der Waals surface area contributed by atoms with Crippen LogP contribution in [0.2, 0.25) is 0 Å². The summed E-state index contributed by atoms with van der Waals surface area (Å²) in [4.78, 5) is 0. The Morgan fingerprint density at radius 1 is 0.326 bits per heavy atom. The zero-order chi connectivity index (χ0) is 28.7. The topological polar surface area (TPSA) is 0 Å². The summed E-state index contributed by atoms with van der Waals surface area (Å²) in [5.41, 5.74) is 10.6. The minimum absolute atomic E-state index is 0.0841. The molecule has 9 rings (SSSR count). The van der Waals surface area contributed by atoms with E-state index in [4.69, 9.17) is 0 Å². The van der Waals surface area contributed by atoms with Crippen LogP contribution in [0.25, 0.3) is 76.5 Å². The molecule has 0 aromatic heterocycles. The second-order valence-corrected chi connectivity index (χ2v) is 12.6. The van der Waals surface area contributed by atoms with Crippen LogP contribution in [-0.2, 0) is 5.41 Å². The summed E-state index contributed by atoms with van der Waals surface area (Å²) < 4.78 is 0. The maximum absolute atomic E-state index is 2.45. The molecule has 0 fully saturated rings. The third-order valence-electron chi connectivity index (χ3n) is 9.79. The Labute approximate surface area is 251 Å². The van der Waals surface area contributed by atoms with E-state index >= 15 is 0 Å². The summed E-state index contributed by atoms with van der Waals surface area (Å²) in [6.07, 6.45) is 0. The Kier molecular flexibility index (Phi) is 5.05. The number of hydrogen-bond donors (Lipinski definition) is 0. The van der Waals surface area contributed by atoms with Crippen LogP contribution in [0.1, 0.15) is 25.0 Å². The molecule has 8 aromatic rings. The Balaban J connectivity index is 1.18. The first-order valence-corrected chi connectivity index (χ1v) is 15.2. The predicted molar refractivity (Wildman–Crippen MR) is 185 cm³/mol. The maximum atomic E-state index is 2.45. The van der Waals surface area contributed by atoms with Crippen molar-refractivity contribution in [2.24, 2.45) is 0 Å². The molecule has 0 radical (unpaired) electrons. The smallest absolute Gasteiger partial charge is 0.0159 e. The van der Waals surface area contributed by atoms with Crippen LogP contribution in [0, 0.1) is 0 Å². The minimum Gasteiger partial charge on any atom is -0.0616 e. The molecular formula is C43H30. The second kappa shape index (κ2) is 8.90. The Bertz CT molecular complexity index is 2410. The monoisotopic (exact) mass is 546 g/mol. The van der Waals surface area contributed by atoms with Crippen molar-refractivity contribution < 1.29 is 0 Å². The number of rotatable bonds is 2. The average molecular weight is 547 g/mol. The van der Waals surface area contributed by atoms with Gasteiger partial charge in [-0.25, -0.2) is 0 Å². The lowest BCUT2D eigenvalue weighted by atomic mass is 9.81. The summed E-state index contributed by atoms with van der Waals surface area (Å²) >= 11 is 0. The van der Waals surface area contributed by atoms with Crippen molar-refractivity contribution >= 4 is 43.1 Å². The van der Waals surface area contributed by atoms with Crippen molar-refractivity contribution in [1.82, 2.24) is 0 Å². The maximum Gasteiger partial charge on any atom is 0.0159 e. The quantitative estimate of drug-likeness (QED) is 0.189. The van der Waals surface area contributed by atoms with Crippen molar-refractivity contribution in [3.05, 3.63) is 157 Å². The summed E-state index contributed by atoms with van der Waals surface area (Å²) in [5.74, 6) is 0. The first-order valence-electron chi connectivity index (χ1n) is 15.2. The Hall–Kier alpha value is -5.20. The summed E-state index contributed by atoms with van der Waals surface area (Å²) in [7, 11) is 0. The van der Waals surface area contributed by atoms with Crippen molar-refractivity contribution in [3.63, 3.8) is 0 Å². The van der Waals surface area contributed by atoms with Gasteiger partial charge in [0, 0.05) is 5.41 Å². The highest BCUT2D eigenvalue weighted by molar-refractivity contribution is 6.05. The average Bonchev–Trinajstić information content (AvgIpc) is 3.26. The zero-order valence-electron chi connectivity index (χ0n) is 24.4. The van der Waals surface area contributed by atoms with Gasteiger partial charge >= 0.3 is 0 Å².